The van der Waals surface area contributed by atoms with Gasteiger partial charge in [-0.3, -0.25) is 0 Å². The van der Waals surface area contributed by atoms with Crippen molar-refractivity contribution in [3.8, 4) is 0 Å². The highest BCUT2D eigenvalue weighted by Gasteiger charge is 2.03. The van der Waals surface area contributed by atoms with E-state index in [1.54, 1.807) is 0 Å². The molecule has 0 aliphatic rings. The predicted molar refractivity (Wildman–Crippen MR) is 71.7 cm³/mol. The van der Waals surface area contributed by atoms with Crippen molar-refractivity contribution in [3.05, 3.63) is 35.4 Å². The summed E-state index contributed by atoms with van der Waals surface area (Å²) < 4.78 is 0. The number of hydrogen-bond donors (Lipinski definition) is 1. The average molecular weight is 219 g/mol. The molecule has 0 bridgehead atoms. The van der Waals surface area contributed by atoms with Gasteiger partial charge in [0.2, 0.25) is 0 Å². The standard InChI is InChI=1S/C15H25N/c1-12(2)6-5-11-16-14(4)15-9-7-13(3)8-10-15/h7-10,12,14,16H,5-6,11H2,1-4H3. The number of rotatable bonds is 6. The van der Waals surface area contributed by atoms with Crippen LogP contribution in [0.1, 0.15) is 50.8 Å². The fourth-order valence-electron chi connectivity index (χ4n) is 1.80. The van der Waals surface area contributed by atoms with Crippen LogP contribution in [0.4, 0.5) is 0 Å². The van der Waals surface area contributed by atoms with Crippen LogP contribution in [0.5, 0.6) is 0 Å². The summed E-state index contributed by atoms with van der Waals surface area (Å²) in [7, 11) is 0. The van der Waals surface area contributed by atoms with Gasteiger partial charge in [-0.05, 0) is 44.7 Å². The van der Waals surface area contributed by atoms with E-state index < -0.39 is 0 Å². The summed E-state index contributed by atoms with van der Waals surface area (Å²) in [5, 5.41) is 3.57. The molecule has 1 heteroatoms. The molecule has 0 aliphatic carbocycles. The maximum absolute atomic E-state index is 3.57. The number of hydrogen-bond acceptors (Lipinski definition) is 1. The molecule has 0 aliphatic heterocycles. The molecule has 0 amide bonds. The van der Waals surface area contributed by atoms with E-state index in [0.717, 1.165) is 12.5 Å². The Hall–Kier alpha value is -0.820. The van der Waals surface area contributed by atoms with Crippen LogP contribution in [-0.4, -0.2) is 6.54 Å². The molecule has 0 saturated carbocycles. The van der Waals surface area contributed by atoms with E-state index in [2.05, 4.69) is 57.3 Å². The summed E-state index contributed by atoms with van der Waals surface area (Å²) in [5.74, 6) is 0.816. The van der Waals surface area contributed by atoms with Crippen molar-refractivity contribution in [2.75, 3.05) is 6.54 Å². The molecule has 1 atom stereocenters. The van der Waals surface area contributed by atoms with Crippen LogP contribution in [0.15, 0.2) is 24.3 Å². The molecule has 0 heterocycles. The topological polar surface area (TPSA) is 12.0 Å². The minimum absolute atomic E-state index is 0.466. The van der Waals surface area contributed by atoms with Crippen LogP contribution in [0.3, 0.4) is 0 Å². The van der Waals surface area contributed by atoms with Crippen molar-refractivity contribution < 1.29 is 0 Å². The summed E-state index contributed by atoms with van der Waals surface area (Å²) >= 11 is 0. The minimum Gasteiger partial charge on any atom is -0.310 e. The lowest BCUT2D eigenvalue weighted by molar-refractivity contribution is 0.497. The smallest absolute Gasteiger partial charge is 0.0291 e. The van der Waals surface area contributed by atoms with Gasteiger partial charge in [0.25, 0.3) is 0 Å². The van der Waals surface area contributed by atoms with Gasteiger partial charge in [0.05, 0.1) is 0 Å². The summed E-state index contributed by atoms with van der Waals surface area (Å²) in [4.78, 5) is 0. The molecule has 1 rings (SSSR count). The van der Waals surface area contributed by atoms with Crippen LogP contribution >= 0.6 is 0 Å². The summed E-state index contributed by atoms with van der Waals surface area (Å²) in [6.07, 6.45) is 2.58. The van der Waals surface area contributed by atoms with Crippen LogP contribution in [0.2, 0.25) is 0 Å². The van der Waals surface area contributed by atoms with Gasteiger partial charge in [-0.1, -0.05) is 43.7 Å². The van der Waals surface area contributed by atoms with Crippen LogP contribution in [0.25, 0.3) is 0 Å². The van der Waals surface area contributed by atoms with Crippen molar-refractivity contribution in [1.82, 2.24) is 5.32 Å². The lowest BCUT2D eigenvalue weighted by Crippen LogP contribution is -2.20. The van der Waals surface area contributed by atoms with Crippen molar-refractivity contribution in [1.29, 1.82) is 0 Å². The zero-order chi connectivity index (χ0) is 12.0. The van der Waals surface area contributed by atoms with E-state index in [-0.39, 0.29) is 0 Å². The molecule has 1 aromatic carbocycles. The third-order valence-electron chi connectivity index (χ3n) is 2.99. The zero-order valence-electron chi connectivity index (χ0n) is 11.1. The van der Waals surface area contributed by atoms with Crippen molar-refractivity contribution in [2.45, 2.75) is 46.6 Å². The first-order valence-electron chi connectivity index (χ1n) is 6.39. The summed E-state index contributed by atoms with van der Waals surface area (Å²) in [5.41, 5.74) is 2.71. The second kappa shape index (κ2) is 6.70. The van der Waals surface area contributed by atoms with Gasteiger partial charge in [0.1, 0.15) is 0 Å². The Bertz CT molecular complexity index is 287. The van der Waals surface area contributed by atoms with Crippen molar-refractivity contribution in [2.24, 2.45) is 5.92 Å². The van der Waals surface area contributed by atoms with Gasteiger partial charge in [-0.25, -0.2) is 0 Å². The molecule has 90 valence electrons. The lowest BCUT2D eigenvalue weighted by Gasteiger charge is -2.15. The molecule has 0 spiro atoms. The Labute approximate surface area is 100 Å². The van der Waals surface area contributed by atoms with Gasteiger partial charge in [0.15, 0.2) is 0 Å². The predicted octanol–water partition coefficient (Wildman–Crippen LogP) is 4.08. The molecule has 1 N–H and O–H groups in total. The SMILES string of the molecule is Cc1ccc(C(C)NCCCC(C)C)cc1. The monoisotopic (exact) mass is 219 g/mol. The normalized spacial score (nSPS) is 13.1. The highest BCUT2D eigenvalue weighted by atomic mass is 14.9. The van der Waals surface area contributed by atoms with Gasteiger partial charge in [0, 0.05) is 6.04 Å². The van der Waals surface area contributed by atoms with E-state index in [1.807, 2.05) is 0 Å². The third-order valence-corrected chi connectivity index (χ3v) is 2.99. The fourth-order valence-corrected chi connectivity index (χ4v) is 1.80. The first-order chi connectivity index (χ1) is 7.59. The van der Waals surface area contributed by atoms with Gasteiger partial charge < -0.3 is 5.32 Å². The lowest BCUT2D eigenvalue weighted by atomic mass is 10.1. The summed E-state index contributed by atoms with van der Waals surface area (Å²) in [6.45, 7) is 10.0. The Morgan fingerprint density at radius 1 is 1.06 bits per heavy atom. The van der Waals surface area contributed by atoms with E-state index in [9.17, 15) is 0 Å². The second-order valence-electron chi connectivity index (χ2n) is 5.12. The highest BCUT2D eigenvalue weighted by Crippen LogP contribution is 2.13. The molecule has 1 aromatic rings. The maximum atomic E-state index is 3.57. The fraction of sp³-hybridized carbons (Fsp3) is 0.600. The molecule has 0 aromatic heterocycles. The highest BCUT2D eigenvalue weighted by molar-refractivity contribution is 5.23. The molecule has 1 nitrogen and oxygen atoms in total. The first kappa shape index (κ1) is 13.2. The molecule has 0 saturated heterocycles. The zero-order valence-corrected chi connectivity index (χ0v) is 11.1. The Morgan fingerprint density at radius 2 is 1.69 bits per heavy atom. The Balaban J connectivity index is 2.29. The summed E-state index contributed by atoms with van der Waals surface area (Å²) in [6, 6.07) is 9.27. The second-order valence-corrected chi connectivity index (χ2v) is 5.12. The van der Waals surface area contributed by atoms with Crippen molar-refractivity contribution in [3.63, 3.8) is 0 Å². The number of nitrogens with one attached hydrogen (secondary N) is 1. The van der Waals surface area contributed by atoms with Gasteiger partial charge in [-0.15, -0.1) is 0 Å². The van der Waals surface area contributed by atoms with Crippen LogP contribution in [0, 0.1) is 12.8 Å². The maximum Gasteiger partial charge on any atom is 0.0291 e. The van der Waals surface area contributed by atoms with E-state index >= 15 is 0 Å². The number of benzene rings is 1. The Kier molecular flexibility index (Phi) is 5.54. The van der Waals surface area contributed by atoms with Crippen LogP contribution in [-0.2, 0) is 0 Å². The van der Waals surface area contributed by atoms with Gasteiger partial charge in [-0.2, -0.15) is 0 Å². The average Bonchev–Trinajstić information content (AvgIpc) is 2.25. The van der Waals surface area contributed by atoms with E-state index in [4.69, 9.17) is 0 Å². The number of aryl methyl sites for hydroxylation is 1. The third kappa shape index (κ3) is 4.80. The molecule has 16 heavy (non-hydrogen) atoms. The molecular weight excluding hydrogens is 194 g/mol. The van der Waals surface area contributed by atoms with Crippen molar-refractivity contribution >= 4 is 0 Å². The first-order valence-corrected chi connectivity index (χ1v) is 6.39. The minimum atomic E-state index is 0.466. The molecule has 0 fully saturated rings. The van der Waals surface area contributed by atoms with Gasteiger partial charge >= 0.3 is 0 Å². The molecular formula is C15H25N. The van der Waals surface area contributed by atoms with Crippen LogP contribution < -0.4 is 5.32 Å². The molecule has 0 radical (unpaired) electrons. The Morgan fingerprint density at radius 3 is 2.25 bits per heavy atom. The molecule has 1 unspecified atom stereocenters. The largest absolute Gasteiger partial charge is 0.310 e. The van der Waals surface area contributed by atoms with E-state index in [1.165, 1.54) is 24.0 Å². The van der Waals surface area contributed by atoms with E-state index in [0.29, 0.717) is 6.04 Å². The quantitative estimate of drug-likeness (QED) is 0.711.